The summed E-state index contributed by atoms with van der Waals surface area (Å²) in [7, 11) is -1.70. The Morgan fingerprint density at radius 3 is 2.58 bits per heavy atom. The van der Waals surface area contributed by atoms with Gasteiger partial charge < -0.3 is 5.32 Å². The number of aryl methyl sites for hydroxylation is 1. The Morgan fingerprint density at radius 1 is 1.42 bits per heavy atom. The molecular formula is C11H21ClN4O2S. The zero-order valence-corrected chi connectivity index (χ0v) is 13.3. The lowest BCUT2D eigenvalue weighted by atomic mass is 10.2. The van der Waals surface area contributed by atoms with Crippen molar-refractivity contribution in [3.8, 4) is 0 Å². The minimum atomic E-state index is -3.44. The molecule has 2 heterocycles. The van der Waals surface area contributed by atoms with E-state index in [-0.39, 0.29) is 24.5 Å². The molecule has 1 fully saturated rings. The summed E-state index contributed by atoms with van der Waals surface area (Å²) in [6.45, 7) is 6.86. The fourth-order valence-corrected chi connectivity index (χ4v) is 4.09. The first-order valence-corrected chi connectivity index (χ1v) is 7.52. The van der Waals surface area contributed by atoms with Gasteiger partial charge in [0.15, 0.2) is 0 Å². The highest BCUT2D eigenvalue weighted by Gasteiger charge is 2.35. The van der Waals surface area contributed by atoms with Gasteiger partial charge in [-0.15, -0.1) is 12.4 Å². The standard InChI is InChI=1S/C11H20N4O2S.ClH/c1-8-7-15(9(2)5-12-8)18(16,17)11-6-13-14(4)10(11)3;/h6,8-9,12H,5,7H2,1-4H3;1H. The molecule has 1 aliphatic rings. The molecule has 0 bridgehead atoms. The van der Waals surface area contributed by atoms with Gasteiger partial charge in [0.05, 0.1) is 11.9 Å². The molecule has 1 N–H and O–H groups in total. The Kier molecular flexibility index (Phi) is 5.00. The van der Waals surface area contributed by atoms with Crippen LogP contribution in [-0.2, 0) is 17.1 Å². The largest absolute Gasteiger partial charge is 0.311 e. The van der Waals surface area contributed by atoms with Crippen molar-refractivity contribution >= 4 is 22.4 Å². The predicted molar refractivity (Wildman–Crippen MR) is 76.0 cm³/mol. The lowest BCUT2D eigenvalue weighted by Crippen LogP contribution is -2.56. The average molecular weight is 309 g/mol. The molecule has 0 spiro atoms. The average Bonchev–Trinajstić information content (AvgIpc) is 2.63. The molecule has 110 valence electrons. The first-order chi connectivity index (χ1) is 8.34. The van der Waals surface area contributed by atoms with Gasteiger partial charge in [0.2, 0.25) is 10.0 Å². The van der Waals surface area contributed by atoms with Crippen molar-refractivity contribution in [2.24, 2.45) is 7.05 Å². The van der Waals surface area contributed by atoms with Crippen LogP contribution in [0.2, 0.25) is 0 Å². The molecule has 1 aliphatic heterocycles. The third-order valence-corrected chi connectivity index (χ3v) is 5.57. The number of piperazine rings is 1. The second-order valence-electron chi connectivity index (χ2n) is 4.95. The van der Waals surface area contributed by atoms with Crippen molar-refractivity contribution in [3.63, 3.8) is 0 Å². The van der Waals surface area contributed by atoms with Gasteiger partial charge in [-0.3, -0.25) is 4.68 Å². The predicted octanol–water partition coefficient (Wildman–Crippen LogP) is 0.521. The van der Waals surface area contributed by atoms with Gasteiger partial charge in [0.1, 0.15) is 4.90 Å². The normalized spacial score (nSPS) is 25.1. The monoisotopic (exact) mass is 308 g/mol. The Morgan fingerprint density at radius 2 is 2.05 bits per heavy atom. The maximum atomic E-state index is 12.6. The third kappa shape index (κ3) is 2.94. The van der Waals surface area contributed by atoms with Gasteiger partial charge in [0, 0.05) is 32.2 Å². The van der Waals surface area contributed by atoms with Crippen molar-refractivity contribution in [2.75, 3.05) is 13.1 Å². The number of nitrogens with zero attached hydrogens (tertiary/aromatic N) is 3. The Balaban J connectivity index is 0.00000180. The molecular weight excluding hydrogens is 288 g/mol. The molecule has 2 unspecified atom stereocenters. The lowest BCUT2D eigenvalue weighted by molar-refractivity contribution is 0.244. The van der Waals surface area contributed by atoms with Crippen LogP contribution in [0.1, 0.15) is 19.5 Å². The lowest BCUT2D eigenvalue weighted by Gasteiger charge is -2.36. The molecule has 0 radical (unpaired) electrons. The van der Waals surface area contributed by atoms with Crippen LogP contribution in [0.5, 0.6) is 0 Å². The van der Waals surface area contributed by atoms with E-state index in [4.69, 9.17) is 0 Å². The maximum Gasteiger partial charge on any atom is 0.246 e. The van der Waals surface area contributed by atoms with Crippen molar-refractivity contribution in [2.45, 2.75) is 37.8 Å². The Bertz CT molecular complexity index is 543. The van der Waals surface area contributed by atoms with E-state index in [1.54, 1.807) is 23.0 Å². The van der Waals surface area contributed by atoms with Gasteiger partial charge in [-0.25, -0.2) is 8.42 Å². The van der Waals surface area contributed by atoms with E-state index in [1.807, 2.05) is 13.8 Å². The van der Waals surface area contributed by atoms with E-state index in [9.17, 15) is 8.42 Å². The summed E-state index contributed by atoms with van der Waals surface area (Å²) >= 11 is 0. The molecule has 2 rings (SSSR count). The zero-order valence-electron chi connectivity index (χ0n) is 11.6. The van der Waals surface area contributed by atoms with E-state index in [2.05, 4.69) is 10.4 Å². The highest BCUT2D eigenvalue weighted by molar-refractivity contribution is 7.89. The van der Waals surface area contributed by atoms with Gasteiger partial charge in [0.25, 0.3) is 0 Å². The molecule has 6 nitrogen and oxygen atoms in total. The summed E-state index contributed by atoms with van der Waals surface area (Å²) in [5, 5.41) is 7.29. The summed E-state index contributed by atoms with van der Waals surface area (Å²) in [6, 6.07) is 0.138. The Hall–Kier alpha value is -0.630. The molecule has 0 aliphatic carbocycles. The summed E-state index contributed by atoms with van der Waals surface area (Å²) < 4.78 is 28.4. The topological polar surface area (TPSA) is 67.2 Å². The number of hydrogen-bond acceptors (Lipinski definition) is 4. The molecule has 0 amide bonds. The number of sulfonamides is 1. The minimum Gasteiger partial charge on any atom is -0.311 e. The first-order valence-electron chi connectivity index (χ1n) is 6.08. The SMILES string of the molecule is Cc1c(S(=O)(=O)N2CC(C)NCC2C)cnn1C.Cl. The maximum absolute atomic E-state index is 12.6. The second-order valence-corrected chi connectivity index (χ2v) is 6.81. The van der Waals surface area contributed by atoms with Crippen LogP contribution >= 0.6 is 12.4 Å². The molecule has 2 atom stereocenters. The van der Waals surface area contributed by atoms with E-state index in [0.717, 1.165) is 0 Å². The fraction of sp³-hybridized carbons (Fsp3) is 0.727. The number of aromatic nitrogens is 2. The van der Waals surface area contributed by atoms with Crippen LogP contribution in [0.4, 0.5) is 0 Å². The van der Waals surface area contributed by atoms with Gasteiger partial charge in [-0.05, 0) is 20.8 Å². The number of halogens is 1. The van der Waals surface area contributed by atoms with Crippen LogP contribution in [0.3, 0.4) is 0 Å². The van der Waals surface area contributed by atoms with Gasteiger partial charge in [-0.1, -0.05) is 0 Å². The summed E-state index contributed by atoms with van der Waals surface area (Å²) in [5.74, 6) is 0. The zero-order chi connectivity index (χ0) is 13.5. The third-order valence-electron chi connectivity index (χ3n) is 3.48. The molecule has 1 saturated heterocycles. The second kappa shape index (κ2) is 5.78. The highest BCUT2D eigenvalue weighted by Crippen LogP contribution is 2.22. The molecule has 0 saturated carbocycles. The van der Waals surface area contributed by atoms with Crippen LogP contribution in [0.15, 0.2) is 11.1 Å². The molecule has 8 heteroatoms. The first kappa shape index (κ1) is 16.4. The molecule has 1 aromatic rings. The van der Waals surface area contributed by atoms with Gasteiger partial charge in [-0.2, -0.15) is 9.40 Å². The minimum absolute atomic E-state index is 0. The number of hydrogen-bond donors (Lipinski definition) is 1. The van der Waals surface area contributed by atoms with E-state index < -0.39 is 10.0 Å². The van der Waals surface area contributed by atoms with E-state index >= 15 is 0 Å². The Labute approximate surface area is 120 Å². The van der Waals surface area contributed by atoms with Crippen molar-refractivity contribution in [1.82, 2.24) is 19.4 Å². The number of rotatable bonds is 2. The molecule has 0 aromatic carbocycles. The van der Waals surface area contributed by atoms with E-state index in [1.165, 1.54) is 6.20 Å². The van der Waals surface area contributed by atoms with Crippen molar-refractivity contribution in [1.29, 1.82) is 0 Å². The van der Waals surface area contributed by atoms with Crippen LogP contribution < -0.4 is 5.32 Å². The molecule has 19 heavy (non-hydrogen) atoms. The fourth-order valence-electron chi connectivity index (χ4n) is 2.18. The van der Waals surface area contributed by atoms with Crippen molar-refractivity contribution in [3.05, 3.63) is 11.9 Å². The number of nitrogens with one attached hydrogen (secondary N) is 1. The summed E-state index contributed by atoms with van der Waals surface area (Å²) in [5.41, 5.74) is 0.674. The molecule has 1 aromatic heterocycles. The highest BCUT2D eigenvalue weighted by atomic mass is 35.5. The van der Waals surface area contributed by atoms with Crippen LogP contribution in [-0.4, -0.2) is 47.7 Å². The van der Waals surface area contributed by atoms with Crippen molar-refractivity contribution < 1.29 is 8.42 Å². The summed E-state index contributed by atoms with van der Waals surface area (Å²) in [4.78, 5) is 0.311. The smallest absolute Gasteiger partial charge is 0.246 e. The van der Waals surface area contributed by atoms with Crippen LogP contribution in [0.25, 0.3) is 0 Å². The van der Waals surface area contributed by atoms with E-state index in [0.29, 0.717) is 23.7 Å². The van der Waals surface area contributed by atoms with Gasteiger partial charge >= 0.3 is 0 Å². The quantitative estimate of drug-likeness (QED) is 0.865. The van der Waals surface area contributed by atoms with Crippen LogP contribution in [0, 0.1) is 6.92 Å². The summed E-state index contributed by atoms with van der Waals surface area (Å²) in [6.07, 6.45) is 1.43.